The van der Waals surface area contributed by atoms with Crippen LogP contribution in [0.3, 0.4) is 0 Å². The molecule has 132 valence electrons. The highest BCUT2D eigenvalue weighted by molar-refractivity contribution is 6.04. The number of benzene rings is 2. The van der Waals surface area contributed by atoms with Crippen molar-refractivity contribution in [2.75, 3.05) is 10.6 Å². The average molecular weight is 353 g/mol. The standard InChI is InChI=1S/C20H17F2N3O/c1-2-13-5-3-4-6-18(13)25-19-10-8-15(12-23-19)24-20(26)14-7-9-16(21)17(22)11-14/h3-12H,2H2,1H3,(H,23,25)(H,24,26). The molecule has 0 atom stereocenters. The zero-order valence-electron chi connectivity index (χ0n) is 14.1. The van der Waals surface area contributed by atoms with E-state index >= 15 is 0 Å². The van der Waals surface area contributed by atoms with Crippen molar-refractivity contribution in [3.8, 4) is 0 Å². The van der Waals surface area contributed by atoms with Gasteiger partial charge in [-0.3, -0.25) is 4.79 Å². The molecule has 0 aliphatic carbocycles. The van der Waals surface area contributed by atoms with Crippen LogP contribution in [-0.4, -0.2) is 10.9 Å². The lowest BCUT2D eigenvalue weighted by atomic mass is 10.1. The molecule has 0 aliphatic heterocycles. The Labute approximate surface area is 149 Å². The first-order valence-electron chi connectivity index (χ1n) is 8.14. The van der Waals surface area contributed by atoms with Gasteiger partial charge in [-0.25, -0.2) is 13.8 Å². The molecule has 0 bridgehead atoms. The molecule has 1 aromatic heterocycles. The molecular weight excluding hydrogens is 336 g/mol. The van der Waals surface area contributed by atoms with Crippen molar-refractivity contribution < 1.29 is 13.6 Å². The van der Waals surface area contributed by atoms with Crippen molar-refractivity contribution in [2.45, 2.75) is 13.3 Å². The molecule has 4 nitrogen and oxygen atoms in total. The van der Waals surface area contributed by atoms with Gasteiger partial charge in [-0.2, -0.15) is 0 Å². The van der Waals surface area contributed by atoms with Crippen molar-refractivity contribution in [2.24, 2.45) is 0 Å². The molecule has 3 rings (SSSR count). The summed E-state index contributed by atoms with van der Waals surface area (Å²) < 4.78 is 26.2. The molecule has 0 fully saturated rings. The van der Waals surface area contributed by atoms with Crippen LogP contribution in [0.2, 0.25) is 0 Å². The first-order valence-corrected chi connectivity index (χ1v) is 8.14. The number of aryl methyl sites for hydroxylation is 1. The fraction of sp³-hybridized carbons (Fsp3) is 0.100. The van der Waals surface area contributed by atoms with Crippen molar-refractivity contribution >= 4 is 23.1 Å². The summed E-state index contributed by atoms with van der Waals surface area (Å²) in [6.07, 6.45) is 2.39. The number of nitrogens with zero attached hydrogens (tertiary/aromatic N) is 1. The van der Waals surface area contributed by atoms with Gasteiger partial charge in [0.05, 0.1) is 11.9 Å². The van der Waals surface area contributed by atoms with Crippen LogP contribution in [0.1, 0.15) is 22.8 Å². The molecule has 0 saturated heterocycles. The number of carbonyl (C=O) groups excluding carboxylic acids is 1. The van der Waals surface area contributed by atoms with E-state index in [1.807, 2.05) is 24.3 Å². The lowest BCUT2D eigenvalue weighted by Gasteiger charge is -2.11. The summed E-state index contributed by atoms with van der Waals surface area (Å²) in [5.74, 6) is -1.96. The molecule has 26 heavy (non-hydrogen) atoms. The van der Waals surface area contributed by atoms with Crippen LogP contribution in [0.4, 0.5) is 26.0 Å². The van der Waals surface area contributed by atoms with Gasteiger partial charge in [0.1, 0.15) is 5.82 Å². The summed E-state index contributed by atoms with van der Waals surface area (Å²) in [6.45, 7) is 2.07. The number of hydrogen-bond acceptors (Lipinski definition) is 3. The van der Waals surface area contributed by atoms with Crippen LogP contribution in [0.25, 0.3) is 0 Å². The molecule has 0 saturated carbocycles. The third-order valence-electron chi connectivity index (χ3n) is 3.86. The van der Waals surface area contributed by atoms with Crippen molar-refractivity contribution in [1.29, 1.82) is 0 Å². The molecular formula is C20H17F2N3O. The number of halogens is 2. The Morgan fingerprint density at radius 2 is 1.85 bits per heavy atom. The largest absolute Gasteiger partial charge is 0.340 e. The van der Waals surface area contributed by atoms with Gasteiger partial charge >= 0.3 is 0 Å². The molecule has 0 aliphatic rings. The summed E-state index contributed by atoms with van der Waals surface area (Å²) >= 11 is 0. The number of aromatic nitrogens is 1. The van der Waals surface area contributed by atoms with Crippen LogP contribution >= 0.6 is 0 Å². The monoisotopic (exact) mass is 353 g/mol. The summed E-state index contributed by atoms with van der Waals surface area (Å²) in [5.41, 5.74) is 2.63. The zero-order valence-corrected chi connectivity index (χ0v) is 14.1. The molecule has 0 radical (unpaired) electrons. The quantitative estimate of drug-likeness (QED) is 0.685. The van der Waals surface area contributed by atoms with E-state index in [9.17, 15) is 13.6 Å². The van der Waals surface area contributed by atoms with Gasteiger partial charge in [-0.1, -0.05) is 25.1 Å². The second kappa shape index (κ2) is 7.74. The summed E-state index contributed by atoms with van der Waals surface area (Å²) in [7, 11) is 0. The maximum Gasteiger partial charge on any atom is 0.255 e. The van der Waals surface area contributed by atoms with Crippen LogP contribution in [-0.2, 0) is 6.42 Å². The van der Waals surface area contributed by atoms with E-state index < -0.39 is 17.5 Å². The van der Waals surface area contributed by atoms with Gasteiger partial charge in [0.2, 0.25) is 0 Å². The molecule has 1 heterocycles. The number of nitrogens with one attached hydrogen (secondary N) is 2. The third-order valence-corrected chi connectivity index (χ3v) is 3.86. The third kappa shape index (κ3) is 4.03. The van der Waals surface area contributed by atoms with Gasteiger partial charge in [0, 0.05) is 11.3 Å². The van der Waals surface area contributed by atoms with Crippen LogP contribution in [0.15, 0.2) is 60.8 Å². The fourth-order valence-electron chi connectivity index (χ4n) is 2.47. The van der Waals surface area contributed by atoms with Crippen molar-refractivity contribution in [1.82, 2.24) is 4.98 Å². The van der Waals surface area contributed by atoms with E-state index in [4.69, 9.17) is 0 Å². The van der Waals surface area contributed by atoms with E-state index in [-0.39, 0.29) is 5.56 Å². The minimum absolute atomic E-state index is 0.0305. The SMILES string of the molecule is CCc1ccccc1Nc1ccc(NC(=O)c2ccc(F)c(F)c2)cn1. The van der Waals surface area contributed by atoms with Crippen LogP contribution < -0.4 is 10.6 Å². The van der Waals surface area contributed by atoms with E-state index in [1.54, 1.807) is 12.1 Å². The van der Waals surface area contributed by atoms with Crippen molar-refractivity contribution in [3.05, 3.63) is 83.6 Å². The predicted molar refractivity (Wildman–Crippen MR) is 97.7 cm³/mol. The highest BCUT2D eigenvalue weighted by atomic mass is 19.2. The van der Waals surface area contributed by atoms with E-state index in [0.29, 0.717) is 11.5 Å². The smallest absolute Gasteiger partial charge is 0.255 e. The highest BCUT2D eigenvalue weighted by Gasteiger charge is 2.10. The molecule has 2 aromatic carbocycles. The minimum Gasteiger partial charge on any atom is -0.340 e. The first-order chi connectivity index (χ1) is 12.6. The average Bonchev–Trinajstić information content (AvgIpc) is 2.66. The lowest BCUT2D eigenvalue weighted by molar-refractivity contribution is 0.102. The van der Waals surface area contributed by atoms with Gasteiger partial charge < -0.3 is 10.6 Å². The molecule has 0 unspecified atom stereocenters. The Balaban J connectivity index is 1.69. The number of carbonyl (C=O) groups is 1. The molecule has 0 spiro atoms. The van der Waals surface area contributed by atoms with E-state index in [1.165, 1.54) is 17.8 Å². The number of amides is 1. The Morgan fingerprint density at radius 1 is 1.04 bits per heavy atom. The zero-order chi connectivity index (χ0) is 18.5. The maximum absolute atomic E-state index is 13.2. The molecule has 3 aromatic rings. The molecule has 2 N–H and O–H groups in total. The van der Waals surface area contributed by atoms with Gasteiger partial charge in [0.15, 0.2) is 11.6 Å². The van der Waals surface area contributed by atoms with Gasteiger partial charge in [0.25, 0.3) is 5.91 Å². The van der Waals surface area contributed by atoms with Gasteiger partial charge in [-0.15, -0.1) is 0 Å². The molecule has 1 amide bonds. The van der Waals surface area contributed by atoms with E-state index in [2.05, 4.69) is 22.5 Å². The van der Waals surface area contributed by atoms with Gasteiger partial charge in [-0.05, 0) is 48.4 Å². The highest BCUT2D eigenvalue weighted by Crippen LogP contribution is 2.21. The normalized spacial score (nSPS) is 10.4. The summed E-state index contributed by atoms with van der Waals surface area (Å²) in [4.78, 5) is 16.4. The Kier molecular flexibility index (Phi) is 5.22. The minimum atomic E-state index is -1.06. The van der Waals surface area contributed by atoms with Crippen LogP contribution in [0, 0.1) is 11.6 Å². The fourth-order valence-corrected chi connectivity index (χ4v) is 2.47. The maximum atomic E-state index is 13.2. The summed E-state index contributed by atoms with van der Waals surface area (Å²) in [5, 5.41) is 5.83. The number of rotatable bonds is 5. The predicted octanol–water partition coefficient (Wildman–Crippen LogP) is 4.92. The Bertz CT molecular complexity index is 927. The Morgan fingerprint density at radius 3 is 2.54 bits per heavy atom. The number of anilines is 3. The number of pyridine rings is 1. The second-order valence-corrected chi connectivity index (χ2v) is 5.65. The lowest BCUT2D eigenvalue weighted by Crippen LogP contribution is -2.12. The topological polar surface area (TPSA) is 54.0 Å². The van der Waals surface area contributed by atoms with E-state index in [0.717, 1.165) is 24.2 Å². The summed E-state index contributed by atoms with van der Waals surface area (Å²) in [6, 6.07) is 14.3. The van der Waals surface area contributed by atoms with Crippen molar-refractivity contribution in [3.63, 3.8) is 0 Å². The second-order valence-electron chi connectivity index (χ2n) is 5.65. The Hall–Kier alpha value is -3.28. The number of hydrogen-bond donors (Lipinski definition) is 2. The number of para-hydroxylation sites is 1. The first kappa shape index (κ1) is 17.5. The molecule has 6 heteroatoms. The van der Waals surface area contributed by atoms with Crippen LogP contribution in [0.5, 0.6) is 0 Å².